The fraction of sp³-hybridized carbons (Fsp3) is 0.567. The Kier molecular flexibility index (Phi) is 7.40. The molecule has 1 aliphatic rings. The van der Waals surface area contributed by atoms with Crippen molar-refractivity contribution in [3.8, 4) is 11.5 Å². The van der Waals surface area contributed by atoms with E-state index >= 15 is 0 Å². The van der Waals surface area contributed by atoms with Crippen molar-refractivity contribution in [2.45, 2.75) is 109 Å². The van der Waals surface area contributed by atoms with Gasteiger partial charge in [-0.15, -0.1) is 0 Å². The van der Waals surface area contributed by atoms with Gasteiger partial charge < -0.3 is 14.9 Å². The van der Waals surface area contributed by atoms with Crippen LogP contribution in [0.3, 0.4) is 0 Å². The zero-order valence-electron chi connectivity index (χ0n) is 22.0. The van der Waals surface area contributed by atoms with Crippen LogP contribution in [-0.4, -0.2) is 22.3 Å². The van der Waals surface area contributed by atoms with E-state index in [9.17, 15) is 15.0 Å². The van der Waals surface area contributed by atoms with Gasteiger partial charge in [0.2, 0.25) is 0 Å². The number of benzene rings is 2. The lowest BCUT2D eigenvalue weighted by molar-refractivity contribution is -0.151. The Bertz CT molecular complexity index is 954. The van der Waals surface area contributed by atoms with Gasteiger partial charge in [-0.2, -0.15) is 0 Å². The zero-order valence-corrected chi connectivity index (χ0v) is 22.0. The van der Waals surface area contributed by atoms with Crippen molar-refractivity contribution in [1.82, 2.24) is 0 Å². The summed E-state index contributed by atoms with van der Waals surface area (Å²) in [4.78, 5) is 13.3. The first-order valence-electron chi connectivity index (χ1n) is 12.6. The summed E-state index contributed by atoms with van der Waals surface area (Å²) in [7, 11) is 0. The molecule has 0 aliphatic heterocycles. The quantitative estimate of drug-likeness (QED) is 0.455. The number of hydrogen-bond donors (Lipinski definition) is 2. The summed E-state index contributed by atoms with van der Waals surface area (Å²) in [5.41, 5.74) is 2.37. The second-order valence-electron chi connectivity index (χ2n) is 12.2. The first-order chi connectivity index (χ1) is 15.7. The maximum absolute atomic E-state index is 13.3. The molecule has 186 valence electrons. The van der Waals surface area contributed by atoms with Crippen molar-refractivity contribution in [2.75, 3.05) is 0 Å². The molecule has 1 aliphatic carbocycles. The van der Waals surface area contributed by atoms with E-state index in [0.717, 1.165) is 47.9 Å². The summed E-state index contributed by atoms with van der Waals surface area (Å²) in [6.45, 7) is 14.5. The van der Waals surface area contributed by atoms with Gasteiger partial charge in [-0.05, 0) is 70.9 Å². The summed E-state index contributed by atoms with van der Waals surface area (Å²) < 4.78 is 5.93. The smallest absolute Gasteiger partial charge is 0.307 e. The molecule has 0 spiro atoms. The Morgan fingerprint density at radius 3 is 1.65 bits per heavy atom. The molecule has 2 aromatic carbocycles. The van der Waals surface area contributed by atoms with E-state index in [-0.39, 0.29) is 40.8 Å². The Morgan fingerprint density at radius 1 is 0.794 bits per heavy atom. The Hall–Kier alpha value is -2.49. The second-order valence-corrected chi connectivity index (χ2v) is 12.2. The molecule has 0 bridgehead atoms. The molecule has 2 N–H and O–H groups in total. The van der Waals surface area contributed by atoms with Crippen molar-refractivity contribution < 1.29 is 19.7 Å². The maximum Gasteiger partial charge on any atom is 0.307 e. The molecule has 0 heterocycles. The number of hydrogen-bond acceptors (Lipinski definition) is 4. The van der Waals surface area contributed by atoms with Gasteiger partial charge in [0.15, 0.2) is 0 Å². The van der Waals surface area contributed by atoms with Crippen LogP contribution in [-0.2, 0) is 25.8 Å². The van der Waals surface area contributed by atoms with Gasteiger partial charge in [-0.1, -0.05) is 79.2 Å². The number of phenols is 2. The third kappa shape index (κ3) is 5.76. The van der Waals surface area contributed by atoms with E-state index < -0.39 is 5.41 Å². The minimum Gasteiger partial charge on any atom is -0.508 e. The van der Waals surface area contributed by atoms with Crippen molar-refractivity contribution in [2.24, 2.45) is 0 Å². The monoisotopic (exact) mass is 466 g/mol. The van der Waals surface area contributed by atoms with Crippen LogP contribution in [0.25, 0.3) is 0 Å². The lowest BCUT2D eigenvalue weighted by Crippen LogP contribution is -2.31. The van der Waals surface area contributed by atoms with Crippen LogP contribution in [0.2, 0.25) is 0 Å². The molecule has 1 fully saturated rings. The van der Waals surface area contributed by atoms with E-state index in [2.05, 4.69) is 48.5 Å². The van der Waals surface area contributed by atoms with Gasteiger partial charge in [0.25, 0.3) is 0 Å². The predicted octanol–water partition coefficient (Wildman–Crippen LogP) is 7.26. The van der Waals surface area contributed by atoms with Crippen LogP contribution in [0.15, 0.2) is 36.4 Å². The number of phenolic OH excluding ortho intramolecular Hbond substituents is 2. The summed E-state index contributed by atoms with van der Waals surface area (Å²) in [6.07, 6.45) is 5.47. The van der Waals surface area contributed by atoms with Crippen LogP contribution in [0.5, 0.6) is 11.5 Å². The molecule has 0 saturated heterocycles. The summed E-state index contributed by atoms with van der Waals surface area (Å²) >= 11 is 0. The molecular weight excluding hydrogens is 424 g/mol. The number of aromatic hydroxyl groups is 2. The predicted molar refractivity (Wildman–Crippen MR) is 138 cm³/mol. The molecule has 3 rings (SSSR count). The maximum atomic E-state index is 13.3. The molecule has 0 aromatic heterocycles. The lowest BCUT2D eigenvalue weighted by Gasteiger charge is -2.34. The van der Waals surface area contributed by atoms with Crippen LogP contribution in [0.4, 0.5) is 0 Å². The highest BCUT2D eigenvalue weighted by Crippen LogP contribution is 2.43. The zero-order chi connectivity index (χ0) is 25.3. The molecule has 2 aromatic rings. The van der Waals surface area contributed by atoms with Crippen molar-refractivity contribution >= 4 is 5.97 Å². The highest BCUT2D eigenvalue weighted by Gasteiger charge is 2.36. The van der Waals surface area contributed by atoms with Gasteiger partial charge in [0, 0.05) is 5.41 Å². The van der Waals surface area contributed by atoms with E-state index in [1.54, 1.807) is 12.1 Å². The standard InChI is InChI=1S/C30H42O4/c1-28(2,3)23-17-20(13-15-25(23)31)30(7,19-27(33)34-22-11-9-8-10-12-22)21-14-16-26(32)24(18-21)29(4,5)6/h13-18,22,31-32H,8-12,19H2,1-7H3. The van der Waals surface area contributed by atoms with Crippen LogP contribution < -0.4 is 0 Å². The van der Waals surface area contributed by atoms with Gasteiger partial charge in [0.05, 0.1) is 6.42 Å². The highest BCUT2D eigenvalue weighted by atomic mass is 16.5. The molecule has 0 amide bonds. The highest BCUT2D eigenvalue weighted by molar-refractivity contribution is 5.73. The Morgan fingerprint density at radius 2 is 1.24 bits per heavy atom. The molecule has 0 unspecified atom stereocenters. The molecule has 1 saturated carbocycles. The fourth-order valence-electron chi connectivity index (χ4n) is 5.03. The van der Waals surface area contributed by atoms with Gasteiger partial charge in [0.1, 0.15) is 17.6 Å². The molecule has 34 heavy (non-hydrogen) atoms. The van der Waals surface area contributed by atoms with Crippen molar-refractivity contribution in [3.63, 3.8) is 0 Å². The number of rotatable bonds is 5. The third-order valence-corrected chi connectivity index (χ3v) is 7.23. The van der Waals surface area contributed by atoms with E-state index in [1.165, 1.54) is 6.42 Å². The summed E-state index contributed by atoms with van der Waals surface area (Å²) in [5, 5.41) is 21.1. The Labute approximate surface area is 205 Å². The topological polar surface area (TPSA) is 66.8 Å². The molecule has 4 heteroatoms. The first-order valence-corrected chi connectivity index (χ1v) is 12.6. The summed E-state index contributed by atoms with van der Waals surface area (Å²) in [5.74, 6) is 0.305. The number of ether oxygens (including phenoxy) is 1. The number of esters is 1. The number of carbonyl (C=O) groups is 1. The van der Waals surface area contributed by atoms with Crippen molar-refractivity contribution in [1.29, 1.82) is 0 Å². The van der Waals surface area contributed by atoms with Crippen LogP contribution in [0, 0.1) is 0 Å². The van der Waals surface area contributed by atoms with Crippen molar-refractivity contribution in [3.05, 3.63) is 58.7 Å². The lowest BCUT2D eigenvalue weighted by atomic mass is 9.70. The minimum absolute atomic E-state index is 0.000378. The average molecular weight is 467 g/mol. The van der Waals surface area contributed by atoms with E-state index in [4.69, 9.17) is 4.74 Å². The van der Waals surface area contributed by atoms with Gasteiger partial charge in [-0.25, -0.2) is 0 Å². The molecule has 4 nitrogen and oxygen atoms in total. The van der Waals surface area contributed by atoms with Gasteiger partial charge >= 0.3 is 5.97 Å². The summed E-state index contributed by atoms with van der Waals surface area (Å²) in [6, 6.07) is 11.3. The van der Waals surface area contributed by atoms with Crippen LogP contribution in [0.1, 0.15) is 109 Å². The van der Waals surface area contributed by atoms with Crippen LogP contribution >= 0.6 is 0 Å². The van der Waals surface area contributed by atoms with Gasteiger partial charge in [-0.3, -0.25) is 4.79 Å². The largest absolute Gasteiger partial charge is 0.508 e. The average Bonchev–Trinajstić information content (AvgIpc) is 2.73. The molecular formula is C30H42O4. The van der Waals surface area contributed by atoms with E-state index in [0.29, 0.717) is 0 Å². The minimum atomic E-state index is -0.687. The second kappa shape index (κ2) is 9.64. The normalized spacial score (nSPS) is 15.9. The SMILES string of the molecule is CC(C)(C)c1cc(C(C)(CC(=O)OC2CCCCC2)c2ccc(O)c(C(C)(C)C)c2)ccc1O. The third-order valence-electron chi connectivity index (χ3n) is 7.23. The Balaban J connectivity index is 2.10. The fourth-order valence-corrected chi connectivity index (χ4v) is 5.03. The first kappa shape index (κ1) is 26.1. The molecule has 0 atom stereocenters. The molecule has 0 radical (unpaired) electrons. The van der Waals surface area contributed by atoms with E-state index in [1.807, 2.05) is 24.3 Å². The number of carbonyl (C=O) groups excluding carboxylic acids is 1.